The van der Waals surface area contributed by atoms with E-state index < -0.39 is 0 Å². The Morgan fingerprint density at radius 3 is 2.89 bits per heavy atom. The van der Waals surface area contributed by atoms with Crippen LogP contribution < -0.4 is 10.7 Å². The molecule has 2 aliphatic carbocycles. The summed E-state index contributed by atoms with van der Waals surface area (Å²) in [4.78, 5) is 3.71. The van der Waals surface area contributed by atoms with Crippen LogP contribution in [-0.2, 0) is 11.2 Å². The fraction of sp³-hybridized carbons (Fsp3) is 0.400. The Kier molecular flexibility index (Phi) is 4.45. The minimum Gasteiger partial charge on any atom is -0.374 e. The van der Waals surface area contributed by atoms with Crippen molar-refractivity contribution in [2.45, 2.75) is 57.5 Å². The lowest BCUT2D eigenvalue weighted by atomic mass is 9.80. The summed E-state index contributed by atoms with van der Waals surface area (Å²) in [5.41, 5.74) is 7.43. The number of nitrogens with zero attached hydrogens (tertiary/aromatic N) is 1. The molecule has 1 aliphatic heterocycles. The summed E-state index contributed by atoms with van der Waals surface area (Å²) >= 11 is 0. The van der Waals surface area contributed by atoms with Gasteiger partial charge in [-0.25, -0.2) is 0 Å². The number of aromatic nitrogens is 1. The fourth-order valence-corrected chi connectivity index (χ4v) is 5.07. The van der Waals surface area contributed by atoms with E-state index in [-0.39, 0.29) is 12.0 Å². The predicted molar refractivity (Wildman–Crippen MR) is 111 cm³/mol. The third-order valence-electron chi connectivity index (χ3n) is 6.46. The Balaban J connectivity index is 1.69. The van der Waals surface area contributed by atoms with E-state index in [1.165, 1.54) is 57.8 Å². The van der Waals surface area contributed by atoms with Gasteiger partial charge in [0.1, 0.15) is 0 Å². The van der Waals surface area contributed by atoms with Crippen LogP contribution in [0.15, 0.2) is 29.8 Å². The van der Waals surface area contributed by atoms with Gasteiger partial charge in [0.05, 0.1) is 17.7 Å². The Labute approximate surface area is 166 Å². The Hall–Kier alpha value is -2.57. The lowest BCUT2D eigenvalue weighted by molar-refractivity contribution is 0.0422. The molecule has 1 N–H and O–H groups in total. The zero-order valence-corrected chi connectivity index (χ0v) is 16.4. The number of aromatic amines is 1. The molecule has 0 spiro atoms. The smallest absolute Gasteiger partial charge is 0.0991 e. The highest BCUT2D eigenvalue weighted by atomic mass is 16.5. The Morgan fingerprint density at radius 1 is 1.18 bits per heavy atom. The highest BCUT2D eigenvalue weighted by molar-refractivity contribution is 5.61. The molecule has 0 saturated carbocycles. The van der Waals surface area contributed by atoms with Crippen LogP contribution >= 0.6 is 0 Å². The molecule has 2 aromatic rings. The second-order valence-corrected chi connectivity index (χ2v) is 8.27. The average molecular weight is 370 g/mol. The van der Waals surface area contributed by atoms with Crippen LogP contribution in [0.1, 0.15) is 65.8 Å². The van der Waals surface area contributed by atoms with Crippen molar-refractivity contribution in [3.8, 4) is 6.07 Å². The van der Waals surface area contributed by atoms with Gasteiger partial charge in [0.15, 0.2) is 0 Å². The molecule has 1 fully saturated rings. The lowest BCUT2D eigenvalue weighted by Crippen LogP contribution is -2.26. The summed E-state index contributed by atoms with van der Waals surface area (Å²) in [5, 5.41) is 11.8. The van der Waals surface area contributed by atoms with Crippen molar-refractivity contribution in [3.63, 3.8) is 0 Å². The van der Waals surface area contributed by atoms with Gasteiger partial charge in [-0.3, -0.25) is 0 Å². The van der Waals surface area contributed by atoms with E-state index in [2.05, 4.69) is 42.3 Å². The summed E-state index contributed by atoms with van der Waals surface area (Å²) in [5.74, 6) is 0.222. The molecule has 1 aromatic heterocycles. The molecule has 0 amide bonds. The normalized spacial score (nSPS) is 23.5. The fourth-order valence-electron chi connectivity index (χ4n) is 5.07. The lowest BCUT2D eigenvalue weighted by Gasteiger charge is -2.28. The Bertz CT molecular complexity index is 1110. The summed E-state index contributed by atoms with van der Waals surface area (Å²) in [6.45, 7) is 2.99. The van der Waals surface area contributed by atoms with E-state index in [0.717, 1.165) is 31.4 Å². The SMILES string of the molecule is Cc1cc(C#N)ccc1C1C=C(C2CCCCO2)C=c2[nH]c3c(c21)CCCC=3. The number of allylic oxidation sites excluding steroid dienone is 1. The zero-order valence-electron chi connectivity index (χ0n) is 16.4. The zero-order chi connectivity index (χ0) is 19.1. The molecule has 28 heavy (non-hydrogen) atoms. The molecule has 1 aromatic carbocycles. The van der Waals surface area contributed by atoms with Crippen molar-refractivity contribution in [3.05, 3.63) is 68.4 Å². The van der Waals surface area contributed by atoms with E-state index in [9.17, 15) is 5.26 Å². The average Bonchev–Trinajstić information content (AvgIpc) is 3.12. The van der Waals surface area contributed by atoms with Gasteiger partial charge in [-0.2, -0.15) is 5.26 Å². The number of nitrogens with one attached hydrogen (secondary N) is 1. The number of nitriles is 1. The van der Waals surface area contributed by atoms with Gasteiger partial charge in [0.2, 0.25) is 0 Å². The summed E-state index contributed by atoms with van der Waals surface area (Å²) in [7, 11) is 0. The minimum absolute atomic E-state index is 0.201. The van der Waals surface area contributed by atoms with Crippen molar-refractivity contribution >= 4 is 12.2 Å². The molecule has 0 radical (unpaired) electrons. The molecule has 2 unspecified atom stereocenters. The standard InChI is InChI=1S/C25H26N2O/c1-16-12-17(15-26)9-10-19(16)21-13-18(24-8-4-5-11-28-24)14-23-25(21)20-6-2-3-7-22(20)27-23/h7,9-10,12-14,21,24,27H,2-6,8,11H2,1H3. The summed E-state index contributed by atoms with van der Waals surface area (Å²) in [6.07, 6.45) is 14.3. The molecule has 5 rings (SSSR count). The first-order chi connectivity index (χ1) is 13.7. The summed E-state index contributed by atoms with van der Waals surface area (Å²) < 4.78 is 6.12. The minimum atomic E-state index is 0.201. The summed E-state index contributed by atoms with van der Waals surface area (Å²) in [6, 6.07) is 8.39. The number of rotatable bonds is 2. The van der Waals surface area contributed by atoms with E-state index >= 15 is 0 Å². The molecule has 0 bridgehead atoms. The van der Waals surface area contributed by atoms with Gasteiger partial charge in [-0.05, 0) is 91.5 Å². The maximum Gasteiger partial charge on any atom is 0.0991 e. The first kappa shape index (κ1) is 17.5. The van der Waals surface area contributed by atoms with Gasteiger partial charge in [-0.15, -0.1) is 0 Å². The Morgan fingerprint density at radius 2 is 2.11 bits per heavy atom. The van der Waals surface area contributed by atoms with Gasteiger partial charge in [0.25, 0.3) is 0 Å². The number of benzene rings is 1. The predicted octanol–water partition coefficient (Wildman–Crippen LogP) is 3.73. The number of aryl methyl sites for hydroxylation is 1. The number of hydrogen-bond donors (Lipinski definition) is 1. The van der Waals surface area contributed by atoms with Crippen LogP contribution in [0.2, 0.25) is 0 Å². The highest BCUT2D eigenvalue weighted by Crippen LogP contribution is 2.35. The molecule has 2 atom stereocenters. The quantitative estimate of drug-likeness (QED) is 0.876. The molecular weight excluding hydrogens is 344 g/mol. The van der Waals surface area contributed by atoms with Gasteiger partial charge < -0.3 is 9.72 Å². The van der Waals surface area contributed by atoms with E-state index in [4.69, 9.17) is 4.74 Å². The monoisotopic (exact) mass is 370 g/mol. The largest absolute Gasteiger partial charge is 0.374 e. The molecule has 2 heterocycles. The van der Waals surface area contributed by atoms with Crippen molar-refractivity contribution in [2.24, 2.45) is 0 Å². The third kappa shape index (κ3) is 2.93. The number of fused-ring (bicyclic) bond motifs is 3. The van der Waals surface area contributed by atoms with Gasteiger partial charge >= 0.3 is 0 Å². The van der Waals surface area contributed by atoms with Crippen molar-refractivity contribution < 1.29 is 4.74 Å². The van der Waals surface area contributed by atoms with Crippen molar-refractivity contribution in [1.82, 2.24) is 4.98 Å². The van der Waals surface area contributed by atoms with Crippen LogP contribution in [0.25, 0.3) is 12.2 Å². The van der Waals surface area contributed by atoms with Gasteiger partial charge in [0, 0.05) is 23.2 Å². The van der Waals surface area contributed by atoms with E-state index in [0.29, 0.717) is 0 Å². The number of hydrogen-bond acceptors (Lipinski definition) is 2. The van der Waals surface area contributed by atoms with Crippen LogP contribution in [0.3, 0.4) is 0 Å². The number of ether oxygens (including phenoxy) is 1. The van der Waals surface area contributed by atoms with E-state index in [1.54, 1.807) is 0 Å². The van der Waals surface area contributed by atoms with Crippen molar-refractivity contribution in [2.75, 3.05) is 6.61 Å². The molecule has 3 heteroatoms. The molecule has 142 valence electrons. The first-order valence-electron chi connectivity index (χ1n) is 10.5. The molecular formula is C25H26N2O. The first-order valence-corrected chi connectivity index (χ1v) is 10.5. The van der Waals surface area contributed by atoms with Crippen LogP contribution in [-0.4, -0.2) is 17.7 Å². The second kappa shape index (κ2) is 7.11. The topological polar surface area (TPSA) is 48.8 Å². The second-order valence-electron chi connectivity index (χ2n) is 8.27. The molecule has 1 saturated heterocycles. The van der Waals surface area contributed by atoms with Crippen LogP contribution in [0, 0.1) is 18.3 Å². The third-order valence-corrected chi connectivity index (χ3v) is 6.46. The number of H-pyrrole nitrogens is 1. The molecule has 3 nitrogen and oxygen atoms in total. The van der Waals surface area contributed by atoms with Crippen LogP contribution in [0.4, 0.5) is 0 Å². The molecule has 3 aliphatic rings. The van der Waals surface area contributed by atoms with E-state index in [1.807, 2.05) is 12.1 Å². The highest BCUT2D eigenvalue weighted by Gasteiger charge is 2.28. The van der Waals surface area contributed by atoms with Crippen molar-refractivity contribution in [1.29, 1.82) is 5.26 Å². The van der Waals surface area contributed by atoms with Gasteiger partial charge in [-0.1, -0.05) is 18.2 Å². The maximum absolute atomic E-state index is 9.27. The van der Waals surface area contributed by atoms with Crippen LogP contribution in [0.5, 0.6) is 0 Å². The maximum atomic E-state index is 9.27.